The van der Waals surface area contributed by atoms with E-state index < -0.39 is 138 Å². The van der Waals surface area contributed by atoms with Gasteiger partial charge in [0.15, 0.2) is 5.96 Å². The number of nitrogens with two attached hydrogens (primary N) is 3. The number of carboxylic acid groups (broad SMARTS) is 1. The molecule has 2 heterocycles. The van der Waals surface area contributed by atoms with Crippen molar-refractivity contribution in [3.63, 3.8) is 0 Å². The van der Waals surface area contributed by atoms with E-state index >= 15 is 0 Å². The summed E-state index contributed by atoms with van der Waals surface area (Å²) in [5.41, 5.74) is 18.3. The zero-order chi connectivity index (χ0) is 74.6. The molecule has 1 aliphatic rings. The van der Waals surface area contributed by atoms with Crippen LogP contribution in [0.25, 0.3) is 10.8 Å². The Labute approximate surface area is 594 Å². The molecular formula is C70H91ClN16O15. The molecule has 548 valence electrons. The van der Waals surface area contributed by atoms with Gasteiger partial charge in [0.05, 0.1) is 6.61 Å². The molecule has 4 aromatic carbocycles. The van der Waals surface area contributed by atoms with Gasteiger partial charge in [0.2, 0.25) is 59.1 Å². The fraction of sp³-hybridized carbons (Fsp3) is 0.429. The SMILES string of the molecule is CC(=O)N[C@@H](Cc1ccc2ccccc2c1)C(=O)N[C@H](C)C(=O)N[C@H](Cc1ccc(Cl)cc1)C(=O)N[C@H](Cc1cccnc1)C(=O)N[C@@H](CO)C(=O)N[C@@H](Cc1ccc(O)cc1)C(=O)N[C@H](CCCNC(N)=O)C(=O)N[C@@H](CC(C)C)C(=O)N[C@@H](CCCN=C(N)N)C(=O)N1CCC[C@H]1C(=O)O. The lowest BCUT2D eigenvalue weighted by Gasteiger charge is -2.30. The number of primary amides is 1. The Morgan fingerprint density at radius 3 is 1.65 bits per heavy atom. The largest absolute Gasteiger partial charge is 0.508 e. The number of aliphatic imine (C=N–C) groups is 1. The van der Waals surface area contributed by atoms with Crippen molar-refractivity contribution in [3.8, 4) is 5.75 Å². The number of aliphatic hydroxyl groups is 1. The molecule has 5 aromatic rings. The number of carbonyl (C=O) groups excluding carboxylic acids is 11. The number of phenolic OH excluding ortho intramolecular Hbond substituents is 1. The molecule has 1 fully saturated rings. The number of nitrogens with one attached hydrogen (secondary N) is 10. The third-order valence-electron chi connectivity index (χ3n) is 16.6. The van der Waals surface area contributed by atoms with Gasteiger partial charge in [0, 0.05) is 69.7 Å². The second-order valence-corrected chi connectivity index (χ2v) is 25.7. The van der Waals surface area contributed by atoms with Gasteiger partial charge in [0.1, 0.15) is 66.2 Å². The molecule has 6 rings (SSSR count). The quantitative estimate of drug-likeness (QED) is 0.0139. The predicted octanol–water partition coefficient (Wildman–Crippen LogP) is -0.117. The molecule has 32 heteroatoms. The molecule has 19 N–H and O–H groups in total. The first kappa shape index (κ1) is 80.0. The summed E-state index contributed by atoms with van der Waals surface area (Å²) in [6.45, 7) is 5.11. The van der Waals surface area contributed by atoms with Gasteiger partial charge in [-0.3, -0.25) is 57.9 Å². The number of phenols is 1. The predicted molar refractivity (Wildman–Crippen MR) is 377 cm³/mol. The fourth-order valence-electron chi connectivity index (χ4n) is 11.4. The normalized spacial score (nSPS) is 15.2. The lowest BCUT2D eigenvalue weighted by molar-refractivity contribution is -0.149. The number of halogens is 1. The van der Waals surface area contributed by atoms with Crippen molar-refractivity contribution in [1.29, 1.82) is 0 Å². The summed E-state index contributed by atoms with van der Waals surface area (Å²) in [5, 5.41) is 59.2. The fourth-order valence-corrected chi connectivity index (χ4v) is 11.5. The number of guanidine groups is 1. The summed E-state index contributed by atoms with van der Waals surface area (Å²) in [7, 11) is 0. The van der Waals surface area contributed by atoms with Crippen LogP contribution in [0.2, 0.25) is 5.02 Å². The molecule has 1 aliphatic heterocycles. The van der Waals surface area contributed by atoms with Crippen molar-refractivity contribution in [3.05, 3.63) is 143 Å². The van der Waals surface area contributed by atoms with E-state index in [1.165, 1.54) is 55.4 Å². The maximum Gasteiger partial charge on any atom is 0.326 e. The molecule has 0 bridgehead atoms. The number of carbonyl (C=O) groups is 12. The number of fused-ring (bicyclic) bond motifs is 1. The first-order valence-electron chi connectivity index (χ1n) is 33.4. The van der Waals surface area contributed by atoms with Crippen molar-refractivity contribution in [2.45, 2.75) is 159 Å². The number of benzene rings is 4. The van der Waals surface area contributed by atoms with E-state index in [0.29, 0.717) is 28.1 Å². The number of aromatic hydroxyl groups is 1. The van der Waals surface area contributed by atoms with Crippen LogP contribution in [0.3, 0.4) is 0 Å². The molecule has 10 atom stereocenters. The Morgan fingerprint density at radius 1 is 0.569 bits per heavy atom. The number of hydrogen-bond acceptors (Lipinski definition) is 16. The number of aliphatic carboxylic acids is 1. The number of nitrogens with zero attached hydrogens (tertiary/aromatic N) is 3. The van der Waals surface area contributed by atoms with Crippen molar-refractivity contribution >= 4 is 99.4 Å². The lowest BCUT2D eigenvalue weighted by Crippen LogP contribution is -2.61. The minimum Gasteiger partial charge on any atom is -0.508 e. The number of rotatable bonds is 38. The van der Waals surface area contributed by atoms with E-state index in [4.69, 9.17) is 28.8 Å². The first-order valence-corrected chi connectivity index (χ1v) is 33.8. The van der Waals surface area contributed by atoms with Crippen molar-refractivity contribution in [2.24, 2.45) is 28.1 Å². The number of aromatic nitrogens is 1. The minimum atomic E-state index is -1.87. The highest BCUT2D eigenvalue weighted by atomic mass is 35.5. The third kappa shape index (κ3) is 26.0. The standard InChI is InChI=1S/C70H91ClN16O15/c1-39(2)31-52(62(94)81-51(15-9-28-76-69(72)73)67(99)87-30-10-16-58(87)68(100)101)83-60(92)50(14-8-29-77-70(74)102)80-63(95)55(34-43-20-25-49(90)26-21-43)85-66(98)57(38-88)86-65(97)56(36-45-11-7-27-75-37-45)84-64(96)54(33-42-18-23-48(71)24-19-42)82-59(91)40(3)78-61(93)53(79-41(4)89)35-44-17-22-46-12-5-6-13-47(46)32-44/h5-7,11-13,17-27,32,37,39-40,50-58,88,90H,8-10,14-16,28-31,33-36,38H2,1-4H3,(H,78,93)(H,79,89)(H,80,95)(H,81,94)(H,82,91)(H,83,92)(H,84,96)(H,85,98)(H,86,97)(H,100,101)(H4,72,73,76)(H3,74,77,102)/t40-,50-,51+,52+,53+,54-,55+,56-,57+,58+/m1/s1. The number of likely N-dealkylation sites (tertiary alicyclic amines) is 1. The van der Waals surface area contributed by atoms with Crippen molar-refractivity contribution in [2.75, 3.05) is 26.2 Å². The molecule has 102 heavy (non-hydrogen) atoms. The molecular weight excluding hydrogens is 1340 g/mol. The van der Waals surface area contributed by atoms with Crippen molar-refractivity contribution in [1.82, 2.24) is 63.1 Å². The summed E-state index contributed by atoms with van der Waals surface area (Å²) < 4.78 is 0. The van der Waals surface area contributed by atoms with Crippen LogP contribution in [0.15, 0.2) is 121 Å². The number of amides is 12. The third-order valence-corrected chi connectivity index (χ3v) is 16.9. The molecule has 0 radical (unpaired) electrons. The molecule has 0 spiro atoms. The molecule has 31 nitrogen and oxygen atoms in total. The van der Waals surface area contributed by atoms with E-state index in [9.17, 15) is 72.9 Å². The van der Waals surface area contributed by atoms with E-state index in [2.05, 4.69) is 63.1 Å². The Morgan fingerprint density at radius 2 is 1.07 bits per heavy atom. The van der Waals surface area contributed by atoms with E-state index in [-0.39, 0.29) is 101 Å². The number of urea groups is 1. The summed E-state index contributed by atoms with van der Waals surface area (Å²) in [4.78, 5) is 175. The van der Waals surface area contributed by atoms with Crippen LogP contribution in [0.4, 0.5) is 4.79 Å². The monoisotopic (exact) mass is 1430 g/mol. The minimum absolute atomic E-state index is 0.000552. The van der Waals surface area contributed by atoms with E-state index in [0.717, 1.165) is 16.3 Å². The average molecular weight is 1430 g/mol. The number of hydrogen-bond donors (Lipinski definition) is 16. The molecule has 12 amide bonds. The highest BCUT2D eigenvalue weighted by molar-refractivity contribution is 6.30. The number of aliphatic hydroxyl groups excluding tert-OH is 1. The highest BCUT2D eigenvalue weighted by Crippen LogP contribution is 2.22. The summed E-state index contributed by atoms with van der Waals surface area (Å²) >= 11 is 6.21. The van der Waals surface area contributed by atoms with Crippen molar-refractivity contribution < 1.29 is 72.9 Å². The Hall–Kier alpha value is -10.9. The van der Waals surface area contributed by atoms with Crippen LogP contribution < -0.4 is 70.4 Å². The zero-order valence-corrected chi connectivity index (χ0v) is 57.9. The molecule has 0 unspecified atom stereocenters. The van der Waals surface area contributed by atoms with Gasteiger partial charge >= 0.3 is 12.0 Å². The second kappa shape index (κ2) is 39.7. The number of carboxylic acids is 1. The van der Waals surface area contributed by atoms with Gasteiger partial charge in [0.25, 0.3) is 0 Å². The van der Waals surface area contributed by atoms with Crippen LogP contribution in [0, 0.1) is 5.92 Å². The van der Waals surface area contributed by atoms with Gasteiger partial charge < -0.3 is 90.6 Å². The van der Waals surface area contributed by atoms with Gasteiger partial charge in [-0.25, -0.2) is 9.59 Å². The van der Waals surface area contributed by atoms with E-state index in [1.54, 1.807) is 50.2 Å². The molecule has 0 aliphatic carbocycles. The maximum absolute atomic E-state index is 14.8. The maximum atomic E-state index is 14.8. The molecule has 1 aromatic heterocycles. The van der Waals surface area contributed by atoms with Crippen LogP contribution in [0.5, 0.6) is 5.75 Å². The van der Waals surface area contributed by atoms with Crippen LogP contribution >= 0.6 is 11.6 Å². The summed E-state index contributed by atoms with van der Waals surface area (Å²) in [6.07, 6.45) is 2.60. The van der Waals surface area contributed by atoms with Crippen LogP contribution in [0.1, 0.15) is 94.9 Å². The van der Waals surface area contributed by atoms with Gasteiger partial charge in [-0.2, -0.15) is 0 Å². The Bertz CT molecular complexity index is 3770. The second-order valence-electron chi connectivity index (χ2n) is 25.3. The zero-order valence-electron chi connectivity index (χ0n) is 57.1. The smallest absolute Gasteiger partial charge is 0.326 e. The Kier molecular flexibility index (Phi) is 31.2. The van der Waals surface area contributed by atoms with Crippen LogP contribution in [-0.2, 0) is 78.4 Å². The highest BCUT2D eigenvalue weighted by Gasteiger charge is 2.40. The van der Waals surface area contributed by atoms with Gasteiger partial charge in [-0.1, -0.05) is 98.2 Å². The Balaban J connectivity index is 1.23. The topological polar surface area (TPSA) is 492 Å². The lowest BCUT2D eigenvalue weighted by atomic mass is 10.0. The summed E-state index contributed by atoms with van der Waals surface area (Å²) in [6, 6.07) is 12.9. The molecule has 0 saturated carbocycles. The number of pyridine rings is 1. The average Bonchev–Trinajstić information content (AvgIpc) is 1.62. The molecule has 1 saturated heterocycles. The van der Waals surface area contributed by atoms with Crippen LogP contribution in [-0.4, -0.2) is 189 Å². The van der Waals surface area contributed by atoms with Gasteiger partial charge in [-0.15, -0.1) is 0 Å². The van der Waals surface area contributed by atoms with E-state index in [1.807, 2.05) is 42.5 Å². The first-order chi connectivity index (χ1) is 48.6. The summed E-state index contributed by atoms with van der Waals surface area (Å²) in [5.74, 6) is -10.5. The van der Waals surface area contributed by atoms with Gasteiger partial charge in [-0.05, 0) is 121 Å².